The summed E-state index contributed by atoms with van der Waals surface area (Å²) in [5.74, 6) is 0. The highest BCUT2D eigenvalue weighted by Crippen LogP contribution is 2.28. The van der Waals surface area contributed by atoms with Gasteiger partial charge in [0.05, 0.1) is 17.2 Å². The molecule has 0 aliphatic carbocycles. The lowest BCUT2D eigenvalue weighted by Crippen LogP contribution is -2.47. The zero-order chi connectivity index (χ0) is 16.9. The average Bonchev–Trinajstić information content (AvgIpc) is 2.60. The molecule has 0 aromatic heterocycles. The van der Waals surface area contributed by atoms with Crippen LogP contribution in [0.1, 0.15) is 17.5 Å². The van der Waals surface area contributed by atoms with Crippen molar-refractivity contribution in [1.82, 2.24) is 5.06 Å². The molecule has 2 aromatic carbocycles. The van der Waals surface area contributed by atoms with Gasteiger partial charge in [0.1, 0.15) is 6.07 Å². The first-order valence-corrected chi connectivity index (χ1v) is 8.39. The van der Waals surface area contributed by atoms with E-state index in [-0.39, 0.29) is 0 Å². The van der Waals surface area contributed by atoms with Crippen LogP contribution < -0.4 is 4.90 Å². The van der Waals surface area contributed by atoms with Gasteiger partial charge in [-0.3, -0.25) is 4.84 Å². The first-order chi connectivity index (χ1) is 11.7. The van der Waals surface area contributed by atoms with E-state index in [9.17, 15) is 0 Å². The van der Waals surface area contributed by atoms with Crippen LogP contribution in [-0.2, 0) is 11.4 Å². The van der Waals surface area contributed by atoms with Crippen molar-refractivity contribution in [2.75, 3.05) is 25.1 Å². The van der Waals surface area contributed by atoms with Gasteiger partial charge in [-0.25, -0.2) is 0 Å². The van der Waals surface area contributed by atoms with Crippen molar-refractivity contribution in [3.8, 4) is 6.07 Å². The molecule has 1 aliphatic rings. The van der Waals surface area contributed by atoms with Crippen molar-refractivity contribution in [1.29, 1.82) is 5.26 Å². The SMILES string of the molecule is CN1C[C@@H](N(Cc2ccccc2)c2ccc(C#N)c(Cl)c2)CCO1. The Morgan fingerprint density at radius 1 is 1.29 bits per heavy atom. The molecule has 0 radical (unpaired) electrons. The maximum absolute atomic E-state index is 9.10. The highest BCUT2D eigenvalue weighted by atomic mass is 35.5. The van der Waals surface area contributed by atoms with Gasteiger partial charge in [-0.15, -0.1) is 0 Å². The number of halogens is 1. The second-order valence-electron chi connectivity index (χ2n) is 5.98. The molecule has 0 unspecified atom stereocenters. The minimum Gasteiger partial charge on any atom is -0.363 e. The second kappa shape index (κ2) is 7.67. The molecule has 124 valence electrons. The summed E-state index contributed by atoms with van der Waals surface area (Å²) in [7, 11) is 1.96. The van der Waals surface area contributed by atoms with Gasteiger partial charge in [0.2, 0.25) is 0 Å². The summed E-state index contributed by atoms with van der Waals surface area (Å²) in [4.78, 5) is 7.89. The van der Waals surface area contributed by atoms with Crippen LogP contribution in [0, 0.1) is 11.3 Å². The Hall–Kier alpha value is -2.06. The quantitative estimate of drug-likeness (QED) is 0.846. The van der Waals surface area contributed by atoms with Crippen molar-refractivity contribution in [3.63, 3.8) is 0 Å². The Kier molecular flexibility index (Phi) is 5.37. The normalized spacial score (nSPS) is 18.1. The van der Waals surface area contributed by atoms with Gasteiger partial charge in [0, 0.05) is 31.9 Å². The molecule has 24 heavy (non-hydrogen) atoms. The summed E-state index contributed by atoms with van der Waals surface area (Å²) < 4.78 is 0. The van der Waals surface area contributed by atoms with Crippen LogP contribution >= 0.6 is 11.6 Å². The first-order valence-electron chi connectivity index (χ1n) is 8.01. The lowest BCUT2D eigenvalue weighted by atomic mass is 10.1. The summed E-state index contributed by atoms with van der Waals surface area (Å²) in [5, 5.41) is 11.5. The van der Waals surface area contributed by atoms with E-state index >= 15 is 0 Å². The van der Waals surface area contributed by atoms with Crippen molar-refractivity contribution in [2.24, 2.45) is 0 Å². The highest BCUT2D eigenvalue weighted by molar-refractivity contribution is 6.32. The fourth-order valence-corrected chi connectivity index (χ4v) is 3.24. The molecular formula is C19H20ClN3O. The van der Waals surface area contributed by atoms with E-state index in [1.165, 1.54) is 5.56 Å². The zero-order valence-electron chi connectivity index (χ0n) is 13.7. The van der Waals surface area contributed by atoms with Crippen LogP contribution in [0.15, 0.2) is 48.5 Å². The van der Waals surface area contributed by atoms with Gasteiger partial charge >= 0.3 is 0 Å². The average molecular weight is 342 g/mol. The molecule has 0 N–H and O–H groups in total. The Bertz CT molecular complexity index is 729. The molecule has 3 rings (SSSR count). The summed E-state index contributed by atoms with van der Waals surface area (Å²) in [6.45, 7) is 2.32. The molecule has 0 bridgehead atoms. The molecule has 0 saturated carbocycles. The predicted octanol–water partition coefficient (Wildman–Crippen LogP) is 3.85. The van der Waals surface area contributed by atoms with Gasteiger partial charge in [0.15, 0.2) is 0 Å². The Morgan fingerprint density at radius 3 is 2.75 bits per heavy atom. The Morgan fingerprint density at radius 2 is 2.08 bits per heavy atom. The predicted molar refractivity (Wildman–Crippen MR) is 95.8 cm³/mol. The fraction of sp³-hybridized carbons (Fsp3) is 0.316. The molecule has 0 amide bonds. The summed E-state index contributed by atoms with van der Waals surface area (Å²) >= 11 is 6.26. The lowest BCUT2D eigenvalue weighted by molar-refractivity contribution is -0.166. The zero-order valence-corrected chi connectivity index (χ0v) is 14.4. The van der Waals surface area contributed by atoms with Crippen LogP contribution in [0.3, 0.4) is 0 Å². The van der Waals surface area contributed by atoms with Gasteiger partial charge in [-0.05, 0) is 30.2 Å². The summed E-state index contributed by atoms with van der Waals surface area (Å²) in [6.07, 6.45) is 0.953. The summed E-state index contributed by atoms with van der Waals surface area (Å²) in [5.41, 5.74) is 2.78. The van der Waals surface area contributed by atoms with E-state index in [1.807, 2.05) is 30.3 Å². The standard InChI is InChI=1S/C19H20ClN3O/c1-22-14-18(9-10-24-22)23(13-15-5-3-2-4-6-15)17-8-7-16(12-21)19(20)11-17/h2-8,11,18H,9-10,13-14H2,1H3/t18-/m0/s1. The highest BCUT2D eigenvalue weighted by Gasteiger charge is 2.25. The molecular weight excluding hydrogens is 322 g/mol. The van der Waals surface area contributed by atoms with Crippen LogP contribution in [0.25, 0.3) is 0 Å². The third kappa shape index (κ3) is 3.88. The van der Waals surface area contributed by atoms with Crippen molar-refractivity contribution >= 4 is 17.3 Å². The number of nitrogens with zero attached hydrogens (tertiary/aromatic N) is 3. The third-order valence-corrected chi connectivity index (χ3v) is 4.58. The second-order valence-corrected chi connectivity index (χ2v) is 6.38. The first kappa shape index (κ1) is 16.8. The van der Waals surface area contributed by atoms with Crippen LogP contribution in [0.4, 0.5) is 5.69 Å². The topological polar surface area (TPSA) is 39.5 Å². The molecule has 5 heteroatoms. The van der Waals surface area contributed by atoms with E-state index in [4.69, 9.17) is 21.7 Å². The Labute approximate surface area is 147 Å². The van der Waals surface area contributed by atoms with Crippen LogP contribution in [0.2, 0.25) is 5.02 Å². The summed E-state index contributed by atoms with van der Waals surface area (Å²) in [6, 6.07) is 18.5. The van der Waals surface area contributed by atoms with Crippen molar-refractivity contribution in [3.05, 3.63) is 64.7 Å². The number of benzene rings is 2. The van der Waals surface area contributed by atoms with Crippen LogP contribution in [0.5, 0.6) is 0 Å². The molecule has 1 fully saturated rings. The molecule has 1 atom stereocenters. The largest absolute Gasteiger partial charge is 0.363 e. The number of hydroxylamine groups is 2. The Balaban J connectivity index is 1.92. The van der Waals surface area contributed by atoms with E-state index in [1.54, 1.807) is 6.07 Å². The van der Waals surface area contributed by atoms with Gasteiger partial charge < -0.3 is 4.90 Å². The maximum atomic E-state index is 9.10. The van der Waals surface area contributed by atoms with E-state index < -0.39 is 0 Å². The van der Waals surface area contributed by atoms with Gasteiger partial charge in [-0.2, -0.15) is 10.3 Å². The number of likely N-dealkylation sites (N-methyl/N-ethyl adjacent to an activating group) is 1. The monoisotopic (exact) mass is 341 g/mol. The van der Waals surface area contributed by atoms with Crippen LogP contribution in [-0.4, -0.2) is 31.3 Å². The number of nitriles is 1. The minimum absolute atomic E-state index is 0.327. The number of hydrogen-bond donors (Lipinski definition) is 0. The lowest BCUT2D eigenvalue weighted by Gasteiger charge is -2.39. The smallest absolute Gasteiger partial charge is 0.101 e. The minimum atomic E-state index is 0.327. The maximum Gasteiger partial charge on any atom is 0.101 e. The molecule has 1 saturated heterocycles. The van der Waals surface area contributed by atoms with E-state index in [0.717, 1.165) is 25.2 Å². The van der Waals surface area contributed by atoms with Gasteiger partial charge in [-0.1, -0.05) is 41.9 Å². The molecule has 4 nitrogen and oxygen atoms in total. The molecule has 1 aliphatic heterocycles. The molecule has 2 aromatic rings. The number of anilines is 1. The third-order valence-electron chi connectivity index (χ3n) is 4.27. The fourth-order valence-electron chi connectivity index (χ4n) is 3.02. The number of hydrogen-bond acceptors (Lipinski definition) is 4. The molecule has 0 spiro atoms. The van der Waals surface area contributed by atoms with Crippen molar-refractivity contribution < 1.29 is 4.84 Å². The van der Waals surface area contributed by atoms with E-state index in [0.29, 0.717) is 23.2 Å². The van der Waals surface area contributed by atoms with E-state index in [2.05, 4.69) is 35.2 Å². The van der Waals surface area contributed by atoms with Gasteiger partial charge in [0.25, 0.3) is 0 Å². The molecule has 1 heterocycles. The van der Waals surface area contributed by atoms with Crippen molar-refractivity contribution in [2.45, 2.75) is 19.0 Å². The number of rotatable bonds is 4.